The van der Waals surface area contributed by atoms with Crippen molar-refractivity contribution in [1.29, 1.82) is 0 Å². The first-order valence-electron chi connectivity index (χ1n) is 5.13. The molecule has 0 aliphatic rings. The van der Waals surface area contributed by atoms with Crippen LogP contribution in [0.1, 0.15) is 41.0 Å². The van der Waals surface area contributed by atoms with Crippen LogP contribution in [0, 0.1) is 0 Å². The molecule has 0 radical (unpaired) electrons. The molecule has 0 unspecified atom stereocenters. The van der Waals surface area contributed by atoms with Gasteiger partial charge in [0.15, 0.2) is 5.78 Å². The zero-order valence-corrected chi connectivity index (χ0v) is 11.3. The van der Waals surface area contributed by atoms with E-state index in [1.54, 1.807) is 14.0 Å². The summed E-state index contributed by atoms with van der Waals surface area (Å²) in [7, 11) is 1.52. The van der Waals surface area contributed by atoms with E-state index < -0.39 is 0 Å². The normalized spacial score (nSPS) is 11.5. The van der Waals surface area contributed by atoms with Crippen molar-refractivity contribution < 1.29 is 9.53 Å². The quantitative estimate of drug-likeness (QED) is 0.382. The summed E-state index contributed by atoms with van der Waals surface area (Å²) in [5, 5.41) is 0.0757. The van der Waals surface area contributed by atoms with Crippen LogP contribution in [0.5, 0.6) is 0 Å². The number of rotatable bonds is 7. The maximum absolute atomic E-state index is 11.2. The van der Waals surface area contributed by atoms with E-state index in [1.165, 1.54) is 6.04 Å². The molecule has 15 heavy (non-hydrogen) atoms. The van der Waals surface area contributed by atoms with Gasteiger partial charge in [0.05, 0.1) is 9.52 Å². The lowest BCUT2D eigenvalue weighted by Crippen LogP contribution is -2.30. The highest BCUT2D eigenvalue weighted by atomic mass is 28.2. The van der Waals surface area contributed by atoms with Gasteiger partial charge in [0.25, 0.3) is 0 Å². The molecule has 0 N–H and O–H groups in total. The van der Waals surface area contributed by atoms with Crippen molar-refractivity contribution in [2.75, 3.05) is 7.11 Å². The lowest BCUT2D eigenvalue weighted by Gasteiger charge is -2.21. The molecule has 3 heteroatoms. The number of carbonyl (C=O) groups is 1. The Labute approximate surface area is 96.9 Å². The van der Waals surface area contributed by atoms with Gasteiger partial charge in [-0.25, -0.2) is 0 Å². The van der Waals surface area contributed by atoms with Gasteiger partial charge < -0.3 is 4.74 Å². The van der Waals surface area contributed by atoms with E-state index in [1.807, 2.05) is 0 Å². The lowest BCUT2D eigenvalue weighted by molar-refractivity contribution is -0.115. The van der Waals surface area contributed by atoms with E-state index in [0.29, 0.717) is 12.0 Å². The summed E-state index contributed by atoms with van der Waals surface area (Å²) in [5.41, 5.74) is 0.678. The first-order valence-corrected chi connectivity index (χ1v) is 6.83. The lowest BCUT2D eigenvalue weighted by atomic mass is 10.1. The molecule has 0 saturated heterocycles. The van der Waals surface area contributed by atoms with E-state index in [9.17, 15) is 4.79 Å². The molecule has 0 bridgehead atoms. The molecule has 0 atom stereocenters. The summed E-state index contributed by atoms with van der Waals surface area (Å²) >= 11 is 0. The molecular weight excluding hydrogens is 204 g/mol. The number of allylic oxidation sites excluding steroid dienone is 1. The van der Waals surface area contributed by atoms with Crippen molar-refractivity contribution in [3.05, 3.63) is 12.2 Å². The van der Waals surface area contributed by atoms with Crippen molar-refractivity contribution >= 4 is 15.3 Å². The molecule has 0 aromatic carbocycles. The predicted octanol–water partition coefficient (Wildman–Crippen LogP) is 2.52. The Balaban J connectivity index is 0. The highest BCUT2D eigenvalue weighted by molar-refractivity contribution is 6.39. The SMILES string of the molecule is C.C=C(C)C(=O)CCC[SiH2]C(C)(C)OC. The van der Waals surface area contributed by atoms with Crippen LogP contribution >= 0.6 is 0 Å². The highest BCUT2D eigenvalue weighted by Crippen LogP contribution is 2.10. The Kier molecular flexibility index (Phi) is 8.87. The van der Waals surface area contributed by atoms with Gasteiger partial charge in [-0.15, -0.1) is 0 Å². The van der Waals surface area contributed by atoms with Crippen LogP contribution in [0.3, 0.4) is 0 Å². The third-order valence-corrected chi connectivity index (χ3v) is 4.81. The monoisotopic (exact) mass is 230 g/mol. The van der Waals surface area contributed by atoms with E-state index in [0.717, 1.165) is 6.42 Å². The topological polar surface area (TPSA) is 26.3 Å². The van der Waals surface area contributed by atoms with Gasteiger partial charge in [0, 0.05) is 18.8 Å². The van der Waals surface area contributed by atoms with Crippen LogP contribution in [-0.2, 0) is 9.53 Å². The molecular formula is C12H26O2Si. The summed E-state index contributed by atoms with van der Waals surface area (Å²) in [6.45, 7) is 9.66. The van der Waals surface area contributed by atoms with Gasteiger partial charge >= 0.3 is 0 Å². The van der Waals surface area contributed by atoms with Crippen molar-refractivity contribution in [2.45, 2.75) is 52.3 Å². The van der Waals surface area contributed by atoms with Gasteiger partial charge in [0.1, 0.15) is 0 Å². The van der Waals surface area contributed by atoms with Crippen molar-refractivity contribution in [1.82, 2.24) is 0 Å². The zero-order valence-electron chi connectivity index (χ0n) is 9.85. The fraction of sp³-hybridized carbons (Fsp3) is 0.750. The standard InChI is InChI=1S/C11H22O2Si.CH4/c1-9(2)10(12)7-6-8-14-11(3,4)13-5;/h1,6-8,14H2,2-5H3;1H4. The van der Waals surface area contributed by atoms with Crippen LogP contribution < -0.4 is 0 Å². The largest absolute Gasteiger partial charge is 0.383 e. The molecule has 0 aliphatic carbocycles. The Morgan fingerprint density at radius 1 is 1.47 bits per heavy atom. The van der Waals surface area contributed by atoms with Crippen LogP contribution in [0.15, 0.2) is 12.2 Å². The smallest absolute Gasteiger partial charge is 0.157 e. The van der Waals surface area contributed by atoms with Gasteiger partial charge in [-0.3, -0.25) is 4.79 Å². The number of ketones is 1. The molecule has 0 rings (SSSR count). The second kappa shape index (κ2) is 7.82. The van der Waals surface area contributed by atoms with E-state index in [4.69, 9.17) is 4.74 Å². The molecule has 0 spiro atoms. The maximum Gasteiger partial charge on any atom is 0.157 e. The van der Waals surface area contributed by atoms with Crippen LogP contribution in [-0.4, -0.2) is 27.6 Å². The molecule has 0 aliphatic heterocycles. The summed E-state index contributed by atoms with van der Waals surface area (Å²) in [4.78, 5) is 11.2. The first kappa shape index (κ1) is 17.0. The van der Waals surface area contributed by atoms with Crippen molar-refractivity contribution in [3.63, 3.8) is 0 Å². The molecule has 0 fully saturated rings. The van der Waals surface area contributed by atoms with Crippen LogP contribution in [0.25, 0.3) is 0 Å². The maximum atomic E-state index is 11.2. The molecule has 0 heterocycles. The Bertz CT molecular complexity index is 210. The minimum Gasteiger partial charge on any atom is -0.383 e. The molecule has 0 saturated carbocycles. The summed E-state index contributed by atoms with van der Waals surface area (Å²) < 4.78 is 5.35. The highest BCUT2D eigenvalue weighted by Gasteiger charge is 2.16. The number of ether oxygens (including phenoxy) is 1. The Morgan fingerprint density at radius 2 is 2.00 bits per heavy atom. The van der Waals surface area contributed by atoms with Gasteiger partial charge in [-0.2, -0.15) is 0 Å². The Morgan fingerprint density at radius 3 is 2.40 bits per heavy atom. The number of methoxy groups -OCH3 is 1. The molecule has 0 amide bonds. The third kappa shape index (κ3) is 8.57. The van der Waals surface area contributed by atoms with Crippen LogP contribution in [0.2, 0.25) is 6.04 Å². The fourth-order valence-electron chi connectivity index (χ4n) is 1.15. The minimum atomic E-state index is -0.232. The molecule has 2 nitrogen and oxygen atoms in total. The number of carbonyl (C=O) groups excluding carboxylic acids is 1. The first-order chi connectivity index (χ1) is 6.39. The van der Waals surface area contributed by atoms with Gasteiger partial charge in [-0.05, 0) is 32.8 Å². The second-order valence-electron chi connectivity index (χ2n) is 4.37. The number of hydrogen-bond donors (Lipinski definition) is 0. The summed E-state index contributed by atoms with van der Waals surface area (Å²) in [6.07, 6.45) is 1.65. The van der Waals surface area contributed by atoms with Crippen molar-refractivity contribution in [3.8, 4) is 0 Å². The molecule has 90 valence electrons. The second-order valence-corrected chi connectivity index (χ2v) is 7.28. The molecule has 0 aromatic rings. The predicted molar refractivity (Wildman–Crippen MR) is 70.2 cm³/mol. The summed E-state index contributed by atoms with van der Waals surface area (Å²) in [5.74, 6) is 0.203. The average Bonchev–Trinajstić information content (AvgIpc) is 2.12. The van der Waals surface area contributed by atoms with E-state index in [-0.39, 0.29) is 28.0 Å². The Hall–Kier alpha value is -0.413. The van der Waals surface area contributed by atoms with Crippen molar-refractivity contribution in [2.24, 2.45) is 0 Å². The number of Topliss-reactive ketones (excluding diaryl/α,β-unsaturated/α-hetero) is 1. The molecule has 0 aromatic heterocycles. The van der Waals surface area contributed by atoms with Gasteiger partial charge in [0.2, 0.25) is 0 Å². The fourth-order valence-corrected chi connectivity index (χ4v) is 2.71. The third-order valence-electron chi connectivity index (χ3n) is 2.46. The van der Waals surface area contributed by atoms with E-state index in [2.05, 4.69) is 20.4 Å². The number of hydrogen-bond acceptors (Lipinski definition) is 2. The zero-order chi connectivity index (χ0) is 11.2. The average molecular weight is 230 g/mol. The van der Waals surface area contributed by atoms with E-state index >= 15 is 0 Å². The van der Waals surface area contributed by atoms with Crippen LogP contribution in [0.4, 0.5) is 0 Å². The van der Waals surface area contributed by atoms with Gasteiger partial charge in [-0.1, -0.05) is 20.0 Å². The minimum absolute atomic E-state index is 0. The summed E-state index contributed by atoms with van der Waals surface area (Å²) in [6, 6.07) is 1.17.